The van der Waals surface area contributed by atoms with E-state index in [2.05, 4.69) is 166 Å². The van der Waals surface area contributed by atoms with Crippen LogP contribution in [0.1, 0.15) is 0 Å². The van der Waals surface area contributed by atoms with Gasteiger partial charge in [0.1, 0.15) is 5.65 Å². The summed E-state index contributed by atoms with van der Waals surface area (Å²) in [5.74, 6) is 0. The van der Waals surface area contributed by atoms with Gasteiger partial charge in [-0.25, -0.2) is 0 Å². The Morgan fingerprint density at radius 2 is 1.00 bits per heavy atom. The number of benzene rings is 6. The Balaban J connectivity index is 1.13. The van der Waals surface area contributed by atoms with Crippen LogP contribution in [0.3, 0.4) is 0 Å². The van der Waals surface area contributed by atoms with Crippen molar-refractivity contribution >= 4 is 55.8 Å². The van der Waals surface area contributed by atoms with Crippen molar-refractivity contribution in [1.82, 2.24) is 8.97 Å². The second kappa shape index (κ2) is 9.79. The highest BCUT2D eigenvalue weighted by molar-refractivity contribution is 6.11. The second-order valence-electron chi connectivity index (χ2n) is 11.1. The lowest BCUT2D eigenvalue weighted by molar-refractivity contribution is 0.657. The van der Waals surface area contributed by atoms with Crippen LogP contribution in [0.15, 0.2) is 168 Å². The van der Waals surface area contributed by atoms with Crippen molar-refractivity contribution < 1.29 is 4.42 Å². The predicted octanol–water partition coefficient (Wildman–Crippen LogP) is 10.9. The molecule has 0 N–H and O–H groups in total. The molecule has 44 heavy (non-hydrogen) atoms. The van der Waals surface area contributed by atoms with Gasteiger partial charge < -0.3 is 9.32 Å². The number of oxazole rings is 1. The van der Waals surface area contributed by atoms with Crippen molar-refractivity contribution in [2.75, 3.05) is 4.90 Å². The maximum absolute atomic E-state index is 6.24. The molecule has 0 saturated carbocycles. The van der Waals surface area contributed by atoms with E-state index in [-0.39, 0.29) is 0 Å². The fourth-order valence-electron chi connectivity index (χ4n) is 6.52. The molecule has 9 aromatic rings. The Kier molecular flexibility index (Phi) is 5.47. The molecule has 0 spiro atoms. The number of para-hydroxylation sites is 5. The molecule has 0 aliphatic rings. The van der Waals surface area contributed by atoms with Gasteiger partial charge in [-0.05, 0) is 77.9 Å². The standard InChI is InChI=1S/C40H27N3O/c1-3-11-30(12-4-1)41(31-13-5-2-6-14-31)32-23-19-28(20-24-32)29-21-25-33(26-22-29)42-36-16-8-7-15-34(36)35-27-39-43(40(35)42)37-17-9-10-18-38(37)44-39/h1-27H. The highest BCUT2D eigenvalue weighted by Crippen LogP contribution is 2.38. The highest BCUT2D eigenvalue weighted by Gasteiger charge is 2.20. The molecule has 4 heteroatoms. The van der Waals surface area contributed by atoms with Crippen molar-refractivity contribution in [2.24, 2.45) is 0 Å². The molecule has 6 aromatic carbocycles. The summed E-state index contributed by atoms with van der Waals surface area (Å²) >= 11 is 0. The molecule has 0 saturated heterocycles. The molecule has 0 radical (unpaired) electrons. The Morgan fingerprint density at radius 3 is 1.68 bits per heavy atom. The summed E-state index contributed by atoms with van der Waals surface area (Å²) in [6.45, 7) is 0. The smallest absolute Gasteiger partial charge is 0.207 e. The zero-order chi connectivity index (χ0) is 29.0. The minimum Gasteiger partial charge on any atom is -0.438 e. The van der Waals surface area contributed by atoms with E-state index >= 15 is 0 Å². The Hall–Kier alpha value is -6.00. The van der Waals surface area contributed by atoms with E-state index in [4.69, 9.17) is 4.42 Å². The first-order valence-electron chi connectivity index (χ1n) is 14.9. The number of rotatable bonds is 5. The van der Waals surface area contributed by atoms with E-state index in [1.165, 1.54) is 27.4 Å². The van der Waals surface area contributed by atoms with Gasteiger partial charge in [0.15, 0.2) is 5.58 Å². The van der Waals surface area contributed by atoms with Crippen LogP contribution in [0.5, 0.6) is 0 Å². The van der Waals surface area contributed by atoms with Crippen molar-refractivity contribution in [3.63, 3.8) is 0 Å². The van der Waals surface area contributed by atoms with Crippen molar-refractivity contribution in [3.05, 3.63) is 164 Å². The predicted molar refractivity (Wildman–Crippen MR) is 182 cm³/mol. The van der Waals surface area contributed by atoms with Crippen LogP contribution in [-0.2, 0) is 0 Å². The molecule has 0 unspecified atom stereocenters. The fraction of sp³-hybridized carbons (Fsp3) is 0. The number of hydrogen-bond donors (Lipinski definition) is 0. The quantitative estimate of drug-likeness (QED) is 0.207. The minimum atomic E-state index is 0.854. The lowest BCUT2D eigenvalue weighted by atomic mass is 10.0. The van der Waals surface area contributed by atoms with Gasteiger partial charge in [0.05, 0.1) is 11.0 Å². The van der Waals surface area contributed by atoms with E-state index in [1.54, 1.807) is 0 Å². The van der Waals surface area contributed by atoms with Crippen molar-refractivity contribution in [2.45, 2.75) is 0 Å². The van der Waals surface area contributed by atoms with Crippen LogP contribution in [0, 0.1) is 0 Å². The maximum atomic E-state index is 6.24. The molecule has 208 valence electrons. The molecule has 9 rings (SSSR count). The monoisotopic (exact) mass is 565 g/mol. The van der Waals surface area contributed by atoms with Gasteiger partial charge >= 0.3 is 0 Å². The molecular weight excluding hydrogens is 538 g/mol. The lowest BCUT2D eigenvalue weighted by Crippen LogP contribution is -2.09. The third-order valence-electron chi connectivity index (χ3n) is 8.52. The molecular formula is C40H27N3O. The normalized spacial score (nSPS) is 11.6. The number of aromatic nitrogens is 2. The number of hydrogen-bond acceptors (Lipinski definition) is 2. The molecule has 3 aromatic heterocycles. The van der Waals surface area contributed by atoms with Gasteiger partial charge in [-0.2, -0.15) is 0 Å². The van der Waals surface area contributed by atoms with Crippen LogP contribution in [0.4, 0.5) is 17.1 Å². The average Bonchev–Trinajstić information content (AvgIpc) is 3.73. The van der Waals surface area contributed by atoms with Gasteiger partial charge in [-0.3, -0.25) is 8.97 Å². The summed E-state index contributed by atoms with van der Waals surface area (Å²) in [6.07, 6.45) is 0. The van der Waals surface area contributed by atoms with Crippen LogP contribution >= 0.6 is 0 Å². The zero-order valence-corrected chi connectivity index (χ0v) is 23.8. The van der Waals surface area contributed by atoms with E-state index in [1.807, 2.05) is 12.1 Å². The third kappa shape index (κ3) is 3.78. The highest BCUT2D eigenvalue weighted by atomic mass is 16.3. The Bertz CT molecular complexity index is 2370. The molecule has 0 bridgehead atoms. The third-order valence-corrected chi connectivity index (χ3v) is 8.52. The van der Waals surface area contributed by atoms with E-state index in [0.29, 0.717) is 0 Å². The van der Waals surface area contributed by atoms with Crippen LogP contribution in [-0.4, -0.2) is 8.97 Å². The molecule has 0 aliphatic carbocycles. The van der Waals surface area contributed by atoms with Crippen LogP contribution < -0.4 is 4.90 Å². The SMILES string of the molecule is c1ccc(N(c2ccccc2)c2ccc(-c3ccc(-n4c5ccccc5c5cc6oc7ccccc7n6c54)cc3)cc2)cc1. The Labute approximate surface area is 254 Å². The number of anilines is 3. The lowest BCUT2D eigenvalue weighted by Gasteiger charge is -2.25. The van der Waals surface area contributed by atoms with E-state index in [9.17, 15) is 0 Å². The number of nitrogens with zero attached hydrogens (tertiary/aromatic N) is 3. The van der Waals surface area contributed by atoms with Crippen molar-refractivity contribution in [1.29, 1.82) is 0 Å². The van der Waals surface area contributed by atoms with Gasteiger partial charge in [-0.1, -0.05) is 91.0 Å². The maximum Gasteiger partial charge on any atom is 0.207 e. The molecule has 0 atom stereocenters. The van der Waals surface area contributed by atoms with E-state index < -0.39 is 0 Å². The second-order valence-corrected chi connectivity index (χ2v) is 11.1. The molecule has 0 fully saturated rings. The zero-order valence-electron chi connectivity index (χ0n) is 23.8. The first-order chi connectivity index (χ1) is 21.8. The molecule has 0 amide bonds. The van der Waals surface area contributed by atoms with Gasteiger partial charge in [0.25, 0.3) is 0 Å². The largest absolute Gasteiger partial charge is 0.438 e. The van der Waals surface area contributed by atoms with Crippen LogP contribution in [0.2, 0.25) is 0 Å². The summed E-state index contributed by atoms with van der Waals surface area (Å²) in [6, 6.07) is 57.7. The minimum absolute atomic E-state index is 0.854. The first-order valence-corrected chi connectivity index (χ1v) is 14.9. The summed E-state index contributed by atoms with van der Waals surface area (Å²) in [5, 5.41) is 2.40. The topological polar surface area (TPSA) is 25.7 Å². The summed E-state index contributed by atoms with van der Waals surface area (Å²) in [5.41, 5.74) is 11.9. The Morgan fingerprint density at radius 1 is 0.455 bits per heavy atom. The van der Waals surface area contributed by atoms with Gasteiger partial charge in [0.2, 0.25) is 5.71 Å². The van der Waals surface area contributed by atoms with Gasteiger partial charge in [-0.15, -0.1) is 0 Å². The fourth-order valence-corrected chi connectivity index (χ4v) is 6.52. The molecule has 3 heterocycles. The molecule has 0 aliphatic heterocycles. The molecule has 4 nitrogen and oxygen atoms in total. The van der Waals surface area contributed by atoms with Gasteiger partial charge in [0, 0.05) is 39.6 Å². The first kappa shape index (κ1) is 24.6. The summed E-state index contributed by atoms with van der Waals surface area (Å²) in [4.78, 5) is 2.28. The van der Waals surface area contributed by atoms with Crippen molar-refractivity contribution in [3.8, 4) is 16.8 Å². The summed E-state index contributed by atoms with van der Waals surface area (Å²) < 4.78 is 10.8. The summed E-state index contributed by atoms with van der Waals surface area (Å²) in [7, 11) is 0. The van der Waals surface area contributed by atoms with Crippen LogP contribution in [0.25, 0.3) is 55.6 Å². The average molecular weight is 566 g/mol. The van der Waals surface area contributed by atoms with E-state index in [0.717, 1.165) is 45.2 Å². The number of fused-ring (bicyclic) bond motifs is 7.